The number of benzene rings is 2. The molecule has 6 heteroatoms. The highest BCUT2D eigenvalue weighted by Crippen LogP contribution is 2.25. The molecule has 0 bridgehead atoms. The van der Waals surface area contributed by atoms with Gasteiger partial charge in [-0.2, -0.15) is 0 Å². The Balaban J connectivity index is 1.34. The molecule has 0 saturated heterocycles. The van der Waals surface area contributed by atoms with Crippen molar-refractivity contribution in [2.45, 2.75) is 63.6 Å². The topological polar surface area (TPSA) is 73.5 Å². The van der Waals surface area contributed by atoms with Crippen molar-refractivity contribution in [3.63, 3.8) is 0 Å². The van der Waals surface area contributed by atoms with Crippen LogP contribution in [0.3, 0.4) is 0 Å². The smallest absolute Gasteiger partial charge is 0.253 e. The van der Waals surface area contributed by atoms with E-state index in [0.29, 0.717) is 17.3 Å². The second-order valence-electron chi connectivity index (χ2n) is 9.06. The van der Waals surface area contributed by atoms with Crippen molar-refractivity contribution in [2.24, 2.45) is 0 Å². The lowest BCUT2D eigenvalue weighted by molar-refractivity contribution is -0.114. The minimum atomic E-state index is -0.174. The highest BCUT2D eigenvalue weighted by Gasteiger charge is 2.25. The van der Waals surface area contributed by atoms with E-state index in [0.717, 1.165) is 25.1 Å². The molecule has 3 N–H and O–H groups in total. The van der Waals surface area contributed by atoms with Crippen LogP contribution in [0.4, 0.5) is 11.4 Å². The summed E-state index contributed by atoms with van der Waals surface area (Å²) >= 11 is 0. The van der Waals surface area contributed by atoms with Gasteiger partial charge in [-0.25, -0.2) is 0 Å². The third kappa shape index (κ3) is 6.10. The molecule has 2 saturated carbocycles. The molecule has 0 radical (unpaired) electrons. The van der Waals surface area contributed by atoms with Crippen molar-refractivity contribution in [2.75, 3.05) is 24.2 Å². The molecule has 170 valence electrons. The Kier molecular flexibility index (Phi) is 7.43. The Morgan fingerprint density at radius 1 is 0.906 bits per heavy atom. The normalized spacial score (nSPS) is 16.6. The van der Waals surface area contributed by atoms with Crippen LogP contribution in [0.25, 0.3) is 0 Å². The fourth-order valence-corrected chi connectivity index (χ4v) is 4.40. The van der Waals surface area contributed by atoms with Crippen LogP contribution in [0.2, 0.25) is 0 Å². The van der Waals surface area contributed by atoms with Gasteiger partial charge in [0, 0.05) is 24.3 Å². The van der Waals surface area contributed by atoms with Crippen LogP contribution in [0, 0.1) is 0 Å². The maximum Gasteiger partial charge on any atom is 0.253 e. The number of hydrogen-bond acceptors (Lipinski definition) is 4. The quantitative estimate of drug-likeness (QED) is 0.547. The lowest BCUT2D eigenvalue weighted by Gasteiger charge is -2.31. The summed E-state index contributed by atoms with van der Waals surface area (Å²) in [5.41, 5.74) is 3.22. The monoisotopic (exact) mass is 434 g/mol. The first-order valence-corrected chi connectivity index (χ1v) is 11.8. The molecule has 6 nitrogen and oxygen atoms in total. The minimum absolute atomic E-state index is 0.132. The fourth-order valence-electron chi connectivity index (χ4n) is 4.40. The molecular weight excluding hydrogens is 400 g/mol. The number of rotatable bonds is 9. The van der Waals surface area contributed by atoms with Crippen LogP contribution >= 0.6 is 0 Å². The first-order chi connectivity index (χ1) is 15.6. The van der Waals surface area contributed by atoms with E-state index in [2.05, 4.69) is 34.0 Å². The van der Waals surface area contributed by atoms with Gasteiger partial charge in [-0.3, -0.25) is 14.5 Å². The second kappa shape index (κ2) is 10.6. The number of amides is 2. The van der Waals surface area contributed by atoms with Gasteiger partial charge in [-0.05, 0) is 56.5 Å². The van der Waals surface area contributed by atoms with Gasteiger partial charge in [0.15, 0.2) is 0 Å². The average Bonchev–Trinajstić information content (AvgIpc) is 3.63. The molecule has 0 atom stereocenters. The van der Waals surface area contributed by atoms with E-state index >= 15 is 0 Å². The Morgan fingerprint density at radius 3 is 2.34 bits per heavy atom. The van der Waals surface area contributed by atoms with E-state index in [1.807, 2.05) is 30.3 Å². The van der Waals surface area contributed by atoms with Crippen molar-refractivity contribution >= 4 is 23.2 Å². The summed E-state index contributed by atoms with van der Waals surface area (Å²) in [4.78, 5) is 27.6. The van der Waals surface area contributed by atoms with Crippen LogP contribution in [-0.4, -0.2) is 42.4 Å². The highest BCUT2D eigenvalue weighted by molar-refractivity contribution is 6.04. The van der Waals surface area contributed by atoms with E-state index in [-0.39, 0.29) is 24.4 Å². The van der Waals surface area contributed by atoms with Crippen molar-refractivity contribution < 1.29 is 9.59 Å². The van der Waals surface area contributed by atoms with Crippen molar-refractivity contribution in [3.8, 4) is 0 Å². The minimum Gasteiger partial charge on any atom is -0.376 e. The van der Waals surface area contributed by atoms with Gasteiger partial charge in [0.2, 0.25) is 5.91 Å². The van der Waals surface area contributed by atoms with E-state index < -0.39 is 0 Å². The fraction of sp³-hybridized carbons (Fsp3) is 0.462. The van der Waals surface area contributed by atoms with Crippen LogP contribution < -0.4 is 16.0 Å². The molecule has 32 heavy (non-hydrogen) atoms. The second-order valence-corrected chi connectivity index (χ2v) is 9.06. The molecule has 2 aromatic rings. The number of anilines is 2. The number of nitrogens with zero attached hydrogens (tertiary/aromatic N) is 1. The lowest BCUT2D eigenvalue weighted by Crippen LogP contribution is -2.33. The predicted octanol–water partition coefficient (Wildman–Crippen LogP) is 4.39. The first kappa shape index (κ1) is 22.3. The van der Waals surface area contributed by atoms with E-state index in [9.17, 15) is 9.59 Å². The zero-order chi connectivity index (χ0) is 22.3. The molecule has 0 aromatic heterocycles. The summed E-state index contributed by atoms with van der Waals surface area (Å²) in [5.74, 6) is -0.306. The third-order valence-corrected chi connectivity index (χ3v) is 6.43. The molecule has 2 aliphatic carbocycles. The van der Waals surface area contributed by atoms with Gasteiger partial charge in [0.05, 0.1) is 17.8 Å². The van der Waals surface area contributed by atoms with Gasteiger partial charge in [0.1, 0.15) is 0 Å². The maximum atomic E-state index is 12.7. The van der Waals surface area contributed by atoms with Gasteiger partial charge < -0.3 is 16.0 Å². The standard InChI is InChI=1S/C26H34N4O2/c1-30(21-10-3-2-4-11-21)18-19-9-5-7-13-23(19)27-17-25(31)29-24-14-8-6-12-22(24)26(32)28-20-15-16-20/h5-9,12-14,20-21,27H,2-4,10-11,15-18H2,1H3,(H,28,32)(H,29,31). The van der Waals surface area contributed by atoms with E-state index in [4.69, 9.17) is 0 Å². The zero-order valence-corrected chi connectivity index (χ0v) is 18.9. The Labute approximate surface area is 190 Å². The average molecular weight is 435 g/mol. The summed E-state index contributed by atoms with van der Waals surface area (Å²) < 4.78 is 0. The molecule has 2 aromatic carbocycles. The molecule has 0 aliphatic heterocycles. The lowest BCUT2D eigenvalue weighted by atomic mass is 9.94. The summed E-state index contributed by atoms with van der Waals surface area (Å²) in [6, 6.07) is 16.2. The maximum absolute atomic E-state index is 12.7. The molecular formula is C26H34N4O2. The molecule has 0 spiro atoms. The molecule has 2 amide bonds. The van der Waals surface area contributed by atoms with Gasteiger partial charge in [0.25, 0.3) is 5.91 Å². The molecule has 2 aliphatic rings. The Bertz CT molecular complexity index is 935. The molecule has 4 rings (SSSR count). The Hall–Kier alpha value is -2.86. The van der Waals surface area contributed by atoms with Crippen LogP contribution in [0.1, 0.15) is 60.9 Å². The number of para-hydroxylation sites is 2. The van der Waals surface area contributed by atoms with E-state index in [1.54, 1.807) is 12.1 Å². The predicted molar refractivity (Wildman–Crippen MR) is 129 cm³/mol. The number of carbonyl (C=O) groups excluding carboxylic acids is 2. The zero-order valence-electron chi connectivity index (χ0n) is 18.9. The van der Waals surface area contributed by atoms with Crippen molar-refractivity contribution in [1.82, 2.24) is 10.2 Å². The highest BCUT2D eigenvalue weighted by atomic mass is 16.2. The molecule has 2 fully saturated rings. The van der Waals surface area contributed by atoms with Crippen LogP contribution in [0.5, 0.6) is 0 Å². The summed E-state index contributed by atoms with van der Waals surface area (Å²) in [6.07, 6.45) is 8.57. The van der Waals surface area contributed by atoms with Gasteiger partial charge in [-0.1, -0.05) is 49.6 Å². The van der Waals surface area contributed by atoms with Crippen LogP contribution in [-0.2, 0) is 11.3 Å². The molecule has 0 heterocycles. The number of carbonyl (C=O) groups is 2. The van der Waals surface area contributed by atoms with Gasteiger partial charge >= 0.3 is 0 Å². The summed E-state index contributed by atoms with van der Waals surface area (Å²) in [5, 5.41) is 9.17. The van der Waals surface area contributed by atoms with Gasteiger partial charge in [-0.15, -0.1) is 0 Å². The summed E-state index contributed by atoms with van der Waals surface area (Å²) in [6.45, 7) is 1.00. The third-order valence-electron chi connectivity index (χ3n) is 6.43. The van der Waals surface area contributed by atoms with Crippen molar-refractivity contribution in [3.05, 3.63) is 59.7 Å². The largest absolute Gasteiger partial charge is 0.376 e. The molecule has 0 unspecified atom stereocenters. The Morgan fingerprint density at radius 2 is 1.59 bits per heavy atom. The van der Waals surface area contributed by atoms with Crippen LogP contribution in [0.15, 0.2) is 48.5 Å². The first-order valence-electron chi connectivity index (χ1n) is 11.8. The number of hydrogen-bond donors (Lipinski definition) is 3. The number of nitrogens with one attached hydrogen (secondary N) is 3. The summed E-state index contributed by atoms with van der Waals surface area (Å²) in [7, 11) is 2.20. The van der Waals surface area contributed by atoms with Crippen molar-refractivity contribution in [1.29, 1.82) is 0 Å². The van der Waals surface area contributed by atoms with E-state index in [1.165, 1.54) is 37.7 Å². The SMILES string of the molecule is CN(Cc1ccccc1NCC(=O)Nc1ccccc1C(=O)NC1CC1)C1CCCCC1.